The molecule has 7 heavy (non-hydrogen) atoms. The Labute approximate surface area is 55.7 Å². The van der Waals surface area contributed by atoms with Crippen LogP contribution in [0.3, 0.4) is 0 Å². The van der Waals surface area contributed by atoms with E-state index in [1.807, 2.05) is 0 Å². The van der Waals surface area contributed by atoms with Gasteiger partial charge in [-0.15, -0.1) is 11.3 Å². The summed E-state index contributed by atoms with van der Waals surface area (Å²) in [6.45, 7) is 0. The van der Waals surface area contributed by atoms with E-state index < -0.39 is 0 Å². The van der Waals surface area contributed by atoms with Gasteiger partial charge in [0.25, 0.3) is 0 Å². The highest BCUT2D eigenvalue weighted by Crippen LogP contribution is 2.23. The highest BCUT2D eigenvalue weighted by Gasteiger charge is 1.94. The molecule has 36 valence electrons. The first-order valence-electron chi connectivity index (χ1n) is 1.54. The second-order valence-corrected chi connectivity index (χ2v) is 2.30. The third-order valence-corrected chi connectivity index (χ3v) is 1.97. The lowest BCUT2D eigenvalue weighted by Gasteiger charge is -1.72. The molecule has 0 aliphatic heterocycles. The summed E-state index contributed by atoms with van der Waals surface area (Å²) in [5, 5.41) is 6.30. The van der Waals surface area contributed by atoms with Crippen molar-refractivity contribution in [2.75, 3.05) is 0 Å². The summed E-state index contributed by atoms with van der Waals surface area (Å²) < 4.78 is 0. The van der Waals surface area contributed by atoms with Crippen LogP contribution < -0.4 is 0 Å². The lowest BCUT2D eigenvalue weighted by atomic mass is 10.7. The first-order valence-corrected chi connectivity index (χ1v) is 3.11. The van der Waals surface area contributed by atoms with E-state index in [0.717, 1.165) is 0 Å². The Morgan fingerprint density at radius 1 is 1.14 bits per heavy atom. The maximum Gasteiger partial charge on any atom is 0.0794 e. The van der Waals surface area contributed by atoms with Crippen molar-refractivity contribution in [3.8, 4) is 0 Å². The molecule has 0 aromatic carbocycles. The van der Waals surface area contributed by atoms with Gasteiger partial charge in [0.2, 0.25) is 0 Å². The molecule has 0 spiro atoms. The van der Waals surface area contributed by atoms with E-state index in [1.165, 1.54) is 11.3 Å². The van der Waals surface area contributed by atoms with Gasteiger partial charge in [0, 0.05) is 0 Å². The smallest absolute Gasteiger partial charge is 0.0794 e. The Hall–Kier alpha value is 0.280. The van der Waals surface area contributed by atoms with E-state index in [9.17, 15) is 0 Å². The van der Waals surface area contributed by atoms with Crippen molar-refractivity contribution in [1.29, 1.82) is 0 Å². The van der Waals surface area contributed by atoms with E-state index in [-0.39, 0.29) is 0 Å². The number of hydrogen-bond acceptors (Lipinski definition) is 1. The predicted molar refractivity (Wildman–Crippen MR) is 32.0 cm³/mol. The summed E-state index contributed by atoms with van der Waals surface area (Å²) in [5.74, 6) is 0. The molecule has 0 fully saturated rings. The second-order valence-electron chi connectivity index (χ2n) is 0.934. The second kappa shape index (κ2) is 2.03. The molecule has 0 amide bonds. The van der Waals surface area contributed by atoms with Gasteiger partial charge in [-0.05, 0) is 0 Å². The van der Waals surface area contributed by atoms with Crippen LogP contribution in [-0.2, 0) is 0 Å². The van der Waals surface area contributed by atoms with Gasteiger partial charge in [-0.25, -0.2) is 0 Å². The molecule has 0 nitrogen and oxygen atoms in total. The van der Waals surface area contributed by atoms with Crippen LogP contribution in [0.5, 0.6) is 0 Å². The lowest BCUT2D eigenvalue weighted by molar-refractivity contribution is 1.97. The first kappa shape index (κ1) is 5.42. The lowest BCUT2D eigenvalue weighted by Crippen LogP contribution is -1.47. The van der Waals surface area contributed by atoms with Gasteiger partial charge in [-0.3, -0.25) is 0 Å². The average molecular weight is 151 g/mol. The number of hydrogen-bond donors (Lipinski definition) is 0. The van der Waals surface area contributed by atoms with Gasteiger partial charge >= 0.3 is 0 Å². The third-order valence-electron chi connectivity index (χ3n) is 0.474. The SMILES string of the molecule is Clc1[c]s[c]c1Cl. The van der Waals surface area contributed by atoms with E-state index in [4.69, 9.17) is 23.2 Å². The minimum atomic E-state index is 0.465. The van der Waals surface area contributed by atoms with Crippen LogP contribution in [0, 0.1) is 10.8 Å². The molecule has 0 saturated carbocycles. The van der Waals surface area contributed by atoms with Crippen LogP contribution in [0.1, 0.15) is 0 Å². The molecule has 0 unspecified atom stereocenters. The molecule has 1 rings (SSSR count). The minimum Gasteiger partial charge on any atom is -0.130 e. The topological polar surface area (TPSA) is 0 Å². The molecule has 1 heterocycles. The molecule has 1 aromatic rings. The molecule has 0 aliphatic rings. The van der Waals surface area contributed by atoms with Gasteiger partial charge in [-0.1, -0.05) is 23.2 Å². The van der Waals surface area contributed by atoms with E-state index in [0.29, 0.717) is 10.0 Å². The molecule has 0 N–H and O–H groups in total. The van der Waals surface area contributed by atoms with Gasteiger partial charge in [-0.2, -0.15) is 0 Å². The zero-order valence-electron chi connectivity index (χ0n) is 3.16. The summed E-state index contributed by atoms with van der Waals surface area (Å²) in [6.07, 6.45) is 0. The number of rotatable bonds is 0. The van der Waals surface area contributed by atoms with Crippen molar-refractivity contribution in [3.05, 3.63) is 20.8 Å². The molecule has 3 heteroatoms. The zero-order chi connectivity index (χ0) is 5.28. The molecular weight excluding hydrogens is 151 g/mol. The van der Waals surface area contributed by atoms with Gasteiger partial charge in [0.15, 0.2) is 0 Å². The highest BCUT2D eigenvalue weighted by atomic mass is 35.5. The molecule has 0 saturated heterocycles. The van der Waals surface area contributed by atoms with Crippen molar-refractivity contribution in [2.45, 2.75) is 0 Å². The van der Waals surface area contributed by atoms with Crippen LogP contribution in [-0.4, -0.2) is 0 Å². The molecule has 1 aromatic heterocycles. The van der Waals surface area contributed by atoms with Crippen molar-refractivity contribution < 1.29 is 0 Å². The standard InChI is InChI=1S/C4Cl2S/c5-3-1-7-2-4(3)6. The van der Waals surface area contributed by atoms with Crippen LogP contribution in [0.4, 0.5) is 0 Å². The summed E-state index contributed by atoms with van der Waals surface area (Å²) in [5.41, 5.74) is 0. The molecular formula is C4Cl2S. The fraction of sp³-hybridized carbons (Fsp3) is 0. The third kappa shape index (κ3) is 1.09. The zero-order valence-corrected chi connectivity index (χ0v) is 5.49. The monoisotopic (exact) mass is 150 g/mol. The minimum absolute atomic E-state index is 0.465. The van der Waals surface area contributed by atoms with Gasteiger partial charge in [0.05, 0.1) is 20.8 Å². The van der Waals surface area contributed by atoms with Crippen molar-refractivity contribution in [3.63, 3.8) is 0 Å². The molecule has 2 radical (unpaired) electrons. The molecule has 0 bridgehead atoms. The van der Waals surface area contributed by atoms with E-state index in [1.54, 1.807) is 0 Å². The largest absolute Gasteiger partial charge is 0.130 e. The van der Waals surface area contributed by atoms with Crippen molar-refractivity contribution in [1.82, 2.24) is 0 Å². The Bertz CT molecular complexity index is 142. The molecule has 0 atom stereocenters. The summed E-state index contributed by atoms with van der Waals surface area (Å²) in [4.78, 5) is 0. The molecule has 0 aliphatic carbocycles. The number of halogens is 2. The fourth-order valence-electron chi connectivity index (χ4n) is 0.205. The number of thiophene rings is 1. The van der Waals surface area contributed by atoms with Crippen LogP contribution in [0.15, 0.2) is 0 Å². The van der Waals surface area contributed by atoms with E-state index >= 15 is 0 Å². The van der Waals surface area contributed by atoms with Crippen molar-refractivity contribution >= 4 is 34.5 Å². The quantitative estimate of drug-likeness (QED) is 0.534. The van der Waals surface area contributed by atoms with Crippen LogP contribution in [0.25, 0.3) is 0 Å². The highest BCUT2D eigenvalue weighted by molar-refractivity contribution is 7.08. The Morgan fingerprint density at radius 3 is 1.71 bits per heavy atom. The van der Waals surface area contributed by atoms with Gasteiger partial charge in [0.1, 0.15) is 0 Å². The maximum atomic E-state index is 5.42. The normalized spacial score (nSPS) is 9.43. The predicted octanol–water partition coefficient (Wildman–Crippen LogP) is 2.66. The Kier molecular flexibility index (Phi) is 1.57. The Morgan fingerprint density at radius 2 is 1.57 bits per heavy atom. The first-order chi connectivity index (χ1) is 3.30. The van der Waals surface area contributed by atoms with Gasteiger partial charge < -0.3 is 0 Å². The Balaban J connectivity index is 3.12. The van der Waals surface area contributed by atoms with Crippen molar-refractivity contribution in [2.24, 2.45) is 0 Å². The summed E-state index contributed by atoms with van der Waals surface area (Å²) in [6, 6.07) is 0. The van der Waals surface area contributed by atoms with Crippen LogP contribution >= 0.6 is 34.5 Å². The van der Waals surface area contributed by atoms with E-state index in [2.05, 4.69) is 10.8 Å². The maximum absolute atomic E-state index is 5.42. The van der Waals surface area contributed by atoms with Crippen LogP contribution in [0.2, 0.25) is 10.0 Å². The summed E-state index contributed by atoms with van der Waals surface area (Å²) in [7, 11) is 0. The average Bonchev–Trinajstić information content (AvgIpc) is 1.91. The summed E-state index contributed by atoms with van der Waals surface area (Å²) >= 11 is 12.1. The fourth-order valence-corrected chi connectivity index (χ4v) is 1.08.